The van der Waals surface area contributed by atoms with Crippen molar-refractivity contribution < 1.29 is 4.74 Å². The molecule has 0 aliphatic rings. The number of aromatic nitrogens is 2. The highest BCUT2D eigenvalue weighted by Gasteiger charge is 2.06. The van der Waals surface area contributed by atoms with Gasteiger partial charge >= 0.3 is 0 Å². The lowest BCUT2D eigenvalue weighted by Crippen LogP contribution is -2.03. The number of aryl methyl sites for hydroxylation is 1. The van der Waals surface area contributed by atoms with Crippen LogP contribution in [0.15, 0.2) is 30.5 Å². The SMILES string of the molecule is CNc1ncc(C)c(OCc2ccccc2Cl)n1. The van der Waals surface area contributed by atoms with E-state index in [-0.39, 0.29) is 0 Å². The average molecular weight is 264 g/mol. The van der Waals surface area contributed by atoms with Crippen molar-refractivity contribution in [3.05, 3.63) is 46.6 Å². The summed E-state index contributed by atoms with van der Waals surface area (Å²) in [4.78, 5) is 8.35. The smallest absolute Gasteiger partial charge is 0.225 e. The lowest BCUT2D eigenvalue weighted by atomic mass is 10.2. The fourth-order valence-corrected chi connectivity index (χ4v) is 1.64. The van der Waals surface area contributed by atoms with Crippen molar-refractivity contribution in [1.82, 2.24) is 9.97 Å². The normalized spacial score (nSPS) is 10.2. The number of hydrogen-bond donors (Lipinski definition) is 1. The third-order valence-electron chi connectivity index (χ3n) is 2.47. The van der Waals surface area contributed by atoms with Gasteiger partial charge in [0, 0.05) is 29.4 Å². The van der Waals surface area contributed by atoms with Crippen LogP contribution < -0.4 is 10.1 Å². The van der Waals surface area contributed by atoms with Crippen molar-refractivity contribution >= 4 is 17.5 Å². The summed E-state index contributed by atoms with van der Waals surface area (Å²) in [7, 11) is 1.77. The van der Waals surface area contributed by atoms with Crippen molar-refractivity contribution in [2.24, 2.45) is 0 Å². The summed E-state index contributed by atoms with van der Waals surface area (Å²) in [6, 6.07) is 7.58. The maximum Gasteiger partial charge on any atom is 0.225 e. The van der Waals surface area contributed by atoms with Crippen LogP contribution in [0.4, 0.5) is 5.95 Å². The lowest BCUT2D eigenvalue weighted by Gasteiger charge is -2.09. The minimum absolute atomic E-state index is 0.390. The van der Waals surface area contributed by atoms with Gasteiger partial charge in [-0.3, -0.25) is 0 Å². The number of anilines is 1. The van der Waals surface area contributed by atoms with E-state index < -0.39 is 0 Å². The second-order valence-electron chi connectivity index (χ2n) is 3.81. The third kappa shape index (κ3) is 2.90. The number of halogens is 1. The molecule has 5 heteroatoms. The van der Waals surface area contributed by atoms with E-state index >= 15 is 0 Å². The van der Waals surface area contributed by atoms with Gasteiger partial charge in [-0.05, 0) is 13.0 Å². The number of rotatable bonds is 4. The maximum atomic E-state index is 6.06. The first-order chi connectivity index (χ1) is 8.70. The summed E-state index contributed by atoms with van der Waals surface area (Å²) in [5.74, 6) is 1.10. The molecule has 1 N–H and O–H groups in total. The average Bonchev–Trinajstić information content (AvgIpc) is 2.39. The van der Waals surface area contributed by atoms with E-state index in [1.165, 1.54) is 0 Å². The highest BCUT2D eigenvalue weighted by Crippen LogP contribution is 2.20. The Labute approximate surface area is 111 Å². The summed E-state index contributed by atoms with van der Waals surface area (Å²) in [6.45, 7) is 2.29. The van der Waals surface area contributed by atoms with Crippen molar-refractivity contribution in [1.29, 1.82) is 0 Å². The Morgan fingerprint density at radius 1 is 1.33 bits per heavy atom. The molecule has 0 spiro atoms. The van der Waals surface area contributed by atoms with E-state index in [9.17, 15) is 0 Å². The Balaban J connectivity index is 2.13. The largest absolute Gasteiger partial charge is 0.472 e. The molecule has 1 aromatic heterocycles. The monoisotopic (exact) mass is 263 g/mol. The molecule has 4 nitrogen and oxygen atoms in total. The predicted molar refractivity (Wildman–Crippen MR) is 72.1 cm³/mol. The van der Waals surface area contributed by atoms with Crippen molar-refractivity contribution in [3.63, 3.8) is 0 Å². The molecule has 0 unspecified atom stereocenters. The van der Waals surface area contributed by atoms with Gasteiger partial charge < -0.3 is 10.1 Å². The van der Waals surface area contributed by atoms with Crippen LogP contribution in [0.25, 0.3) is 0 Å². The Kier molecular flexibility index (Phi) is 3.99. The molecule has 0 fully saturated rings. The van der Waals surface area contributed by atoms with Crippen LogP contribution in [-0.4, -0.2) is 17.0 Å². The first-order valence-electron chi connectivity index (χ1n) is 5.58. The van der Waals surface area contributed by atoms with E-state index in [2.05, 4.69) is 15.3 Å². The van der Waals surface area contributed by atoms with Gasteiger partial charge in [-0.25, -0.2) is 4.98 Å². The Hall–Kier alpha value is -1.81. The molecule has 0 atom stereocenters. The molecule has 0 radical (unpaired) electrons. The van der Waals surface area contributed by atoms with Gasteiger partial charge in [0.15, 0.2) is 0 Å². The van der Waals surface area contributed by atoms with E-state index in [1.54, 1.807) is 13.2 Å². The van der Waals surface area contributed by atoms with Crippen molar-refractivity contribution in [3.8, 4) is 5.88 Å². The zero-order valence-corrected chi connectivity index (χ0v) is 11.0. The minimum Gasteiger partial charge on any atom is -0.472 e. The number of benzene rings is 1. The number of nitrogens with one attached hydrogen (secondary N) is 1. The maximum absolute atomic E-state index is 6.06. The molecule has 0 saturated carbocycles. The van der Waals surface area contributed by atoms with E-state index in [4.69, 9.17) is 16.3 Å². The minimum atomic E-state index is 0.390. The number of nitrogens with zero attached hydrogens (tertiary/aromatic N) is 2. The van der Waals surface area contributed by atoms with Crippen molar-refractivity contribution in [2.45, 2.75) is 13.5 Å². The van der Waals surface area contributed by atoms with Gasteiger partial charge in [0.1, 0.15) is 6.61 Å². The van der Waals surface area contributed by atoms with Gasteiger partial charge in [-0.1, -0.05) is 29.8 Å². The summed E-state index contributed by atoms with van der Waals surface area (Å²) >= 11 is 6.06. The van der Waals surface area contributed by atoms with Gasteiger partial charge in [-0.2, -0.15) is 4.98 Å². The quantitative estimate of drug-likeness (QED) is 0.921. The Bertz CT molecular complexity index is 546. The molecule has 2 aromatic rings. The predicted octanol–water partition coefficient (Wildman–Crippen LogP) is 3.06. The molecule has 1 heterocycles. The first-order valence-corrected chi connectivity index (χ1v) is 5.96. The molecule has 94 valence electrons. The zero-order chi connectivity index (χ0) is 13.0. The zero-order valence-electron chi connectivity index (χ0n) is 10.3. The first kappa shape index (κ1) is 12.6. The Morgan fingerprint density at radius 2 is 2.11 bits per heavy atom. The van der Waals surface area contributed by atoms with Crippen LogP contribution in [0.2, 0.25) is 5.02 Å². The summed E-state index contributed by atoms with van der Waals surface area (Å²) in [5, 5.41) is 3.57. The second-order valence-corrected chi connectivity index (χ2v) is 4.22. The standard InChI is InChI=1S/C13H14ClN3O/c1-9-7-16-13(15-2)17-12(9)18-8-10-5-3-4-6-11(10)14/h3-7H,8H2,1-2H3,(H,15,16,17). The van der Waals surface area contributed by atoms with Gasteiger partial charge in [0.05, 0.1) is 0 Å². The molecule has 0 aliphatic carbocycles. The highest BCUT2D eigenvalue weighted by atomic mass is 35.5. The van der Waals surface area contributed by atoms with Gasteiger partial charge in [0.2, 0.25) is 11.8 Å². The summed E-state index contributed by atoms with van der Waals surface area (Å²) in [6.07, 6.45) is 1.72. The number of ether oxygens (including phenoxy) is 1. The van der Waals surface area contributed by atoms with E-state index in [0.717, 1.165) is 11.1 Å². The van der Waals surface area contributed by atoms with Crippen LogP contribution in [0.3, 0.4) is 0 Å². The lowest BCUT2D eigenvalue weighted by molar-refractivity contribution is 0.291. The van der Waals surface area contributed by atoms with Crippen LogP contribution in [0, 0.1) is 6.92 Å². The molecule has 0 amide bonds. The van der Waals surface area contributed by atoms with Crippen LogP contribution in [0.5, 0.6) is 5.88 Å². The molecule has 18 heavy (non-hydrogen) atoms. The molecular formula is C13H14ClN3O. The fraction of sp³-hybridized carbons (Fsp3) is 0.231. The third-order valence-corrected chi connectivity index (χ3v) is 2.84. The topological polar surface area (TPSA) is 47.0 Å². The molecule has 0 bridgehead atoms. The van der Waals surface area contributed by atoms with E-state index in [1.807, 2.05) is 31.2 Å². The van der Waals surface area contributed by atoms with Gasteiger partial charge in [-0.15, -0.1) is 0 Å². The molecule has 0 saturated heterocycles. The second kappa shape index (κ2) is 5.69. The van der Waals surface area contributed by atoms with Crippen molar-refractivity contribution in [2.75, 3.05) is 12.4 Å². The molecular weight excluding hydrogens is 250 g/mol. The van der Waals surface area contributed by atoms with Crippen LogP contribution >= 0.6 is 11.6 Å². The van der Waals surface area contributed by atoms with Crippen LogP contribution in [-0.2, 0) is 6.61 Å². The van der Waals surface area contributed by atoms with E-state index in [0.29, 0.717) is 23.5 Å². The highest BCUT2D eigenvalue weighted by molar-refractivity contribution is 6.31. The summed E-state index contributed by atoms with van der Waals surface area (Å²) in [5.41, 5.74) is 1.82. The molecule has 1 aromatic carbocycles. The fourth-order valence-electron chi connectivity index (χ4n) is 1.45. The number of hydrogen-bond acceptors (Lipinski definition) is 4. The van der Waals surface area contributed by atoms with Crippen LogP contribution in [0.1, 0.15) is 11.1 Å². The molecule has 2 rings (SSSR count). The van der Waals surface area contributed by atoms with Gasteiger partial charge in [0.25, 0.3) is 0 Å². The summed E-state index contributed by atoms with van der Waals surface area (Å²) < 4.78 is 5.67. The molecule has 0 aliphatic heterocycles. The Morgan fingerprint density at radius 3 is 2.83 bits per heavy atom.